The van der Waals surface area contributed by atoms with Crippen molar-refractivity contribution in [2.75, 3.05) is 0 Å². The van der Waals surface area contributed by atoms with Crippen LogP contribution in [0.4, 0.5) is 13.2 Å². The summed E-state index contributed by atoms with van der Waals surface area (Å²) in [4.78, 5) is 1.01. The molecule has 0 saturated carbocycles. The van der Waals surface area contributed by atoms with Gasteiger partial charge in [-0.3, -0.25) is 0 Å². The Morgan fingerprint density at radius 3 is 2.24 bits per heavy atom. The summed E-state index contributed by atoms with van der Waals surface area (Å²) in [6.45, 7) is 1.50. The maximum Gasteiger partial charge on any atom is 0.417 e. The summed E-state index contributed by atoms with van der Waals surface area (Å²) in [7, 11) is 0. The SMILES string of the molecule is C/C(Sc1ccccc1)=C(/c1cccc(Br)c1)C(F)(F)F. The largest absolute Gasteiger partial charge is 0.417 e. The van der Waals surface area contributed by atoms with Gasteiger partial charge < -0.3 is 0 Å². The Hall–Kier alpha value is -1.20. The summed E-state index contributed by atoms with van der Waals surface area (Å²) in [5, 5.41) is 0. The molecule has 5 heteroatoms. The van der Waals surface area contributed by atoms with Crippen molar-refractivity contribution in [3.63, 3.8) is 0 Å². The van der Waals surface area contributed by atoms with Crippen LogP contribution in [0.3, 0.4) is 0 Å². The van der Waals surface area contributed by atoms with Crippen LogP contribution in [-0.2, 0) is 0 Å². The predicted molar refractivity (Wildman–Crippen MR) is 85.1 cm³/mol. The first kappa shape index (κ1) is 16.2. The molecule has 0 radical (unpaired) electrons. The highest BCUT2D eigenvalue weighted by Gasteiger charge is 2.36. The van der Waals surface area contributed by atoms with Gasteiger partial charge in [0.2, 0.25) is 0 Å². The first-order valence-electron chi connectivity index (χ1n) is 6.15. The van der Waals surface area contributed by atoms with E-state index in [0.717, 1.165) is 16.7 Å². The lowest BCUT2D eigenvalue weighted by Crippen LogP contribution is -2.12. The average Bonchev–Trinajstić information content (AvgIpc) is 2.38. The molecule has 0 aromatic heterocycles. The van der Waals surface area contributed by atoms with Gasteiger partial charge in [-0.05, 0) is 41.7 Å². The molecule has 0 spiro atoms. The van der Waals surface area contributed by atoms with Gasteiger partial charge in [0, 0.05) is 9.37 Å². The van der Waals surface area contributed by atoms with E-state index < -0.39 is 11.7 Å². The van der Waals surface area contributed by atoms with Crippen molar-refractivity contribution in [2.45, 2.75) is 18.0 Å². The van der Waals surface area contributed by atoms with E-state index in [4.69, 9.17) is 0 Å². The molecule has 0 N–H and O–H groups in total. The zero-order chi connectivity index (χ0) is 15.5. The summed E-state index contributed by atoms with van der Waals surface area (Å²) in [6.07, 6.45) is -4.40. The monoisotopic (exact) mass is 372 g/mol. The Bertz CT molecular complexity index is 648. The van der Waals surface area contributed by atoms with Crippen molar-refractivity contribution < 1.29 is 13.2 Å². The molecule has 0 amide bonds. The Morgan fingerprint density at radius 1 is 1.00 bits per heavy atom. The Kier molecular flexibility index (Phi) is 5.17. The molecule has 21 heavy (non-hydrogen) atoms. The van der Waals surface area contributed by atoms with Gasteiger partial charge in [-0.1, -0.05) is 58.0 Å². The lowest BCUT2D eigenvalue weighted by molar-refractivity contribution is -0.0691. The number of thioether (sulfide) groups is 1. The van der Waals surface area contributed by atoms with E-state index in [1.165, 1.54) is 19.1 Å². The molecule has 0 saturated heterocycles. The predicted octanol–water partition coefficient (Wildman–Crippen LogP) is 6.53. The molecule has 0 nitrogen and oxygen atoms in total. The average molecular weight is 373 g/mol. The molecule has 0 unspecified atom stereocenters. The molecular weight excluding hydrogens is 361 g/mol. The molecule has 0 bridgehead atoms. The third kappa shape index (κ3) is 4.38. The van der Waals surface area contributed by atoms with Crippen LogP contribution >= 0.6 is 27.7 Å². The van der Waals surface area contributed by atoms with Crippen LogP contribution in [0.5, 0.6) is 0 Å². The van der Waals surface area contributed by atoms with Crippen LogP contribution in [0.2, 0.25) is 0 Å². The van der Waals surface area contributed by atoms with Crippen molar-refractivity contribution in [1.29, 1.82) is 0 Å². The number of alkyl halides is 3. The summed E-state index contributed by atoms with van der Waals surface area (Å²) >= 11 is 4.34. The van der Waals surface area contributed by atoms with Gasteiger partial charge in [-0.25, -0.2) is 0 Å². The summed E-state index contributed by atoms with van der Waals surface area (Å²) in [5.41, 5.74) is -0.435. The maximum absolute atomic E-state index is 13.4. The van der Waals surface area contributed by atoms with Crippen molar-refractivity contribution in [3.8, 4) is 0 Å². The highest BCUT2D eigenvalue weighted by atomic mass is 79.9. The Morgan fingerprint density at radius 2 is 1.67 bits per heavy atom. The van der Waals surface area contributed by atoms with E-state index in [1.54, 1.807) is 24.3 Å². The fourth-order valence-corrected chi connectivity index (χ4v) is 3.31. The zero-order valence-corrected chi connectivity index (χ0v) is 13.5. The normalized spacial score (nSPS) is 13.0. The van der Waals surface area contributed by atoms with E-state index in [-0.39, 0.29) is 10.5 Å². The van der Waals surface area contributed by atoms with E-state index >= 15 is 0 Å². The molecule has 2 aromatic carbocycles. The van der Waals surface area contributed by atoms with Crippen LogP contribution in [0.25, 0.3) is 5.57 Å². The van der Waals surface area contributed by atoms with Crippen molar-refractivity contribution >= 4 is 33.3 Å². The van der Waals surface area contributed by atoms with Crippen LogP contribution < -0.4 is 0 Å². The lowest BCUT2D eigenvalue weighted by Gasteiger charge is -2.16. The number of rotatable bonds is 3. The number of allylic oxidation sites excluding steroid dienone is 2. The first-order valence-corrected chi connectivity index (χ1v) is 7.76. The van der Waals surface area contributed by atoms with Gasteiger partial charge in [0.25, 0.3) is 0 Å². The van der Waals surface area contributed by atoms with Gasteiger partial charge in [-0.15, -0.1) is 0 Å². The van der Waals surface area contributed by atoms with Gasteiger partial charge in [0.15, 0.2) is 0 Å². The van der Waals surface area contributed by atoms with Crippen molar-refractivity contribution in [3.05, 3.63) is 69.5 Å². The third-order valence-corrected chi connectivity index (χ3v) is 4.27. The quantitative estimate of drug-likeness (QED) is 0.551. The summed E-state index contributed by atoms with van der Waals surface area (Å²) < 4.78 is 40.8. The van der Waals surface area contributed by atoms with Gasteiger partial charge in [0.1, 0.15) is 0 Å². The molecule has 0 heterocycles. The molecule has 0 atom stereocenters. The summed E-state index contributed by atoms with van der Waals surface area (Å²) in [6, 6.07) is 15.3. The molecule has 0 aliphatic heterocycles. The number of hydrogen-bond donors (Lipinski definition) is 0. The highest BCUT2D eigenvalue weighted by Crippen LogP contribution is 2.42. The Labute approximate surface area is 134 Å². The molecule has 0 aliphatic rings. The van der Waals surface area contributed by atoms with Crippen LogP contribution in [-0.4, -0.2) is 6.18 Å². The van der Waals surface area contributed by atoms with Gasteiger partial charge in [0.05, 0.1) is 5.57 Å². The minimum atomic E-state index is -4.40. The number of hydrogen-bond acceptors (Lipinski definition) is 1. The molecule has 2 aromatic rings. The molecule has 0 aliphatic carbocycles. The fraction of sp³-hybridized carbons (Fsp3) is 0.125. The minimum absolute atomic E-state index is 0.165. The summed E-state index contributed by atoms with van der Waals surface area (Å²) in [5.74, 6) is 0. The topological polar surface area (TPSA) is 0 Å². The Balaban J connectivity index is 2.47. The smallest absolute Gasteiger partial charge is 0.166 e. The first-order chi connectivity index (χ1) is 9.88. The van der Waals surface area contributed by atoms with E-state index in [1.807, 2.05) is 18.2 Å². The van der Waals surface area contributed by atoms with Gasteiger partial charge in [-0.2, -0.15) is 13.2 Å². The van der Waals surface area contributed by atoms with Crippen molar-refractivity contribution in [1.82, 2.24) is 0 Å². The molecule has 2 rings (SSSR count). The molecule has 0 fully saturated rings. The second-order valence-corrected chi connectivity index (χ2v) is 6.56. The maximum atomic E-state index is 13.4. The molecule has 110 valence electrons. The van der Waals surface area contributed by atoms with Crippen LogP contribution in [0.15, 0.2) is 68.9 Å². The minimum Gasteiger partial charge on any atom is -0.166 e. The number of halogens is 4. The second kappa shape index (κ2) is 6.71. The lowest BCUT2D eigenvalue weighted by atomic mass is 10.1. The van der Waals surface area contributed by atoms with E-state index in [9.17, 15) is 13.2 Å². The highest BCUT2D eigenvalue weighted by molar-refractivity contribution is 9.10. The zero-order valence-electron chi connectivity index (χ0n) is 11.1. The molecular formula is C16H12BrF3S. The van der Waals surface area contributed by atoms with E-state index in [0.29, 0.717) is 4.47 Å². The second-order valence-electron chi connectivity index (χ2n) is 4.35. The third-order valence-electron chi connectivity index (χ3n) is 2.76. The van der Waals surface area contributed by atoms with Gasteiger partial charge >= 0.3 is 6.18 Å². The standard InChI is InChI=1S/C16H12BrF3S/c1-11(21-14-8-3-2-4-9-14)15(16(18,19)20)12-6-5-7-13(17)10-12/h2-10H,1H3/b15-11+. The fourth-order valence-electron chi connectivity index (χ4n) is 1.93. The van der Waals surface area contributed by atoms with Crippen LogP contribution in [0, 0.1) is 0 Å². The number of benzene rings is 2. The van der Waals surface area contributed by atoms with Crippen LogP contribution in [0.1, 0.15) is 12.5 Å². The van der Waals surface area contributed by atoms with E-state index in [2.05, 4.69) is 15.9 Å². The van der Waals surface area contributed by atoms with Crippen molar-refractivity contribution in [2.24, 2.45) is 0 Å².